The van der Waals surface area contributed by atoms with Gasteiger partial charge in [0.25, 0.3) is 0 Å². The van der Waals surface area contributed by atoms with Gasteiger partial charge in [-0.2, -0.15) is 0 Å². The molecule has 2 saturated heterocycles. The van der Waals surface area contributed by atoms with Crippen molar-refractivity contribution < 1.29 is 19.1 Å². The van der Waals surface area contributed by atoms with E-state index in [0.717, 1.165) is 23.5 Å². The largest absolute Gasteiger partial charge is 0.494 e. The van der Waals surface area contributed by atoms with Crippen molar-refractivity contribution in [2.24, 2.45) is 5.73 Å². The molecule has 0 radical (unpaired) electrons. The lowest BCUT2D eigenvalue weighted by atomic mass is 10.1. The lowest BCUT2D eigenvalue weighted by molar-refractivity contribution is -0.129. The van der Waals surface area contributed by atoms with Crippen LogP contribution in [-0.4, -0.2) is 86.8 Å². The molecule has 34 heavy (non-hydrogen) atoms. The van der Waals surface area contributed by atoms with Crippen LogP contribution in [0.1, 0.15) is 10.4 Å². The Morgan fingerprint density at radius 1 is 1.15 bits per heavy atom. The molecule has 2 amide bonds. The smallest absolute Gasteiger partial charge is 0.249 e. The molecule has 2 aliphatic heterocycles. The van der Waals surface area contributed by atoms with Gasteiger partial charge in [-0.3, -0.25) is 9.59 Å². The molecule has 2 fully saturated rings. The summed E-state index contributed by atoms with van der Waals surface area (Å²) in [4.78, 5) is 40.1. The van der Waals surface area contributed by atoms with Crippen LogP contribution in [0.15, 0.2) is 24.4 Å². The number of hydrogen-bond donors (Lipinski definition) is 1. The fourth-order valence-electron chi connectivity index (χ4n) is 4.34. The van der Waals surface area contributed by atoms with Gasteiger partial charge in [0.05, 0.1) is 48.4 Å². The maximum atomic E-state index is 12.4. The highest BCUT2D eigenvalue weighted by atomic mass is 32.1. The van der Waals surface area contributed by atoms with Gasteiger partial charge in [0, 0.05) is 39.4 Å². The van der Waals surface area contributed by atoms with E-state index in [1.807, 2.05) is 17.0 Å². The summed E-state index contributed by atoms with van der Waals surface area (Å²) in [6.07, 6.45) is 1.55. The Morgan fingerprint density at radius 2 is 1.94 bits per heavy atom. The molecule has 2 N–H and O–H groups in total. The number of carbonyl (C=O) groups excluding carboxylic acids is 2. The van der Waals surface area contributed by atoms with Crippen molar-refractivity contribution in [3.8, 4) is 16.3 Å². The number of nitrogens with zero attached hydrogens (tertiary/aromatic N) is 5. The van der Waals surface area contributed by atoms with E-state index in [2.05, 4.69) is 9.88 Å². The summed E-state index contributed by atoms with van der Waals surface area (Å²) in [6, 6.07) is 5.55. The Labute approximate surface area is 200 Å². The molecule has 178 valence electrons. The molecule has 0 saturated carbocycles. The zero-order chi connectivity index (χ0) is 23.8. The van der Waals surface area contributed by atoms with E-state index in [0.29, 0.717) is 59.5 Å². The number of aromatic nitrogens is 2. The molecule has 5 rings (SSSR count). The number of likely N-dealkylation sites (N-methyl/N-ethyl adjacent to an activating group) is 1. The average Bonchev–Trinajstić information content (AvgIpc) is 3.30. The molecule has 0 unspecified atom stereocenters. The summed E-state index contributed by atoms with van der Waals surface area (Å²) >= 11 is 1.47. The molecule has 4 heterocycles. The summed E-state index contributed by atoms with van der Waals surface area (Å²) in [5, 5.41) is 0.609. The number of primary amides is 1. The molecule has 11 heteroatoms. The number of piperazine rings is 1. The number of morpholine rings is 1. The van der Waals surface area contributed by atoms with Gasteiger partial charge < -0.3 is 29.9 Å². The van der Waals surface area contributed by atoms with E-state index < -0.39 is 5.91 Å². The molecular weight excluding hydrogens is 456 g/mol. The van der Waals surface area contributed by atoms with E-state index in [-0.39, 0.29) is 12.5 Å². The minimum absolute atomic E-state index is 0.0101. The monoisotopic (exact) mass is 482 g/mol. The number of fused-ring (bicyclic) bond motifs is 1. The number of nitrogens with two attached hydrogens (primary N) is 1. The van der Waals surface area contributed by atoms with Gasteiger partial charge in [-0.1, -0.05) is 0 Å². The van der Waals surface area contributed by atoms with Crippen LogP contribution in [0.25, 0.3) is 20.8 Å². The van der Waals surface area contributed by atoms with Crippen LogP contribution in [0.4, 0.5) is 11.5 Å². The fourth-order valence-corrected chi connectivity index (χ4v) is 5.52. The number of carbonyl (C=O) groups is 2. The van der Waals surface area contributed by atoms with Crippen molar-refractivity contribution in [3.63, 3.8) is 0 Å². The minimum atomic E-state index is -0.571. The minimum Gasteiger partial charge on any atom is -0.494 e. The van der Waals surface area contributed by atoms with Crippen LogP contribution in [0.3, 0.4) is 0 Å². The zero-order valence-corrected chi connectivity index (χ0v) is 19.9. The van der Waals surface area contributed by atoms with Gasteiger partial charge in [-0.05, 0) is 18.2 Å². The van der Waals surface area contributed by atoms with E-state index in [1.165, 1.54) is 11.3 Å². The van der Waals surface area contributed by atoms with Crippen molar-refractivity contribution in [3.05, 3.63) is 30.0 Å². The molecule has 0 bridgehead atoms. The molecule has 2 aliphatic rings. The zero-order valence-electron chi connectivity index (χ0n) is 19.1. The summed E-state index contributed by atoms with van der Waals surface area (Å²) in [6.45, 7) is 4.22. The van der Waals surface area contributed by atoms with Crippen molar-refractivity contribution in [1.82, 2.24) is 14.9 Å². The molecule has 2 aromatic heterocycles. The number of amides is 2. The SMILES string of the molecule is COc1ccc(N2CCOCC2)c2sc(-c3c(C(N)=O)ccnc3N3CCN(C)C(=O)C3)nc12. The number of rotatable bonds is 5. The lowest BCUT2D eigenvalue weighted by Crippen LogP contribution is -2.49. The Kier molecular flexibility index (Phi) is 5.96. The van der Waals surface area contributed by atoms with Gasteiger partial charge in [-0.25, -0.2) is 9.97 Å². The topological polar surface area (TPSA) is 114 Å². The number of ether oxygens (including phenoxy) is 2. The maximum Gasteiger partial charge on any atom is 0.249 e. The standard InChI is InChI=1S/C23H26N6O4S/c1-27-7-8-29(13-17(27)30)22-18(14(21(24)31)5-6-25-22)23-26-19-16(32-2)4-3-15(20(19)34-23)28-9-11-33-12-10-28/h3-6H,7-13H2,1-2H3,(H2,24,31). The number of benzene rings is 1. The van der Waals surface area contributed by atoms with Gasteiger partial charge in [0.2, 0.25) is 11.8 Å². The van der Waals surface area contributed by atoms with E-state index in [4.69, 9.17) is 20.2 Å². The molecule has 3 aromatic rings. The summed E-state index contributed by atoms with van der Waals surface area (Å²) in [5.41, 5.74) is 8.39. The van der Waals surface area contributed by atoms with Crippen molar-refractivity contribution in [2.45, 2.75) is 0 Å². The molecular formula is C23H26N6O4S. The Morgan fingerprint density at radius 3 is 2.65 bits per heavy atom. The van der Waals surface area contributed by atoms with Crippen LogP contribution in [0, 0.1) is 0 Å². The number of anilines is 2. The quantitative estimate of drug-likeness (QED) is 0.583. The van der Waals surface area contributed by atoms with Gasteiger partial charge in [0.15, 0.2) is 0 Å². The summed E-state index contributed by atoms with van der Waals surface area (Å²) in [5.74, 6) is 0.599. The Balaban J connectivity index is 1.68. The number of pyridine rings is 1. The number of thiazole rings is 1. The van der Waals surface area contributed by atoms with Gasteiger partial charge in [0.1, 0.15) is 22.1 Å². The summed E-state index contributed by atoms with van der Waals surface area (Å²) in [7, 11) is 3.39. The molecule has 0 aliphatic carbocycles. The number of methoxy groups -OCH3 is 1. The van der Waals surface area contributed by atoms with Crippen molar-refractivity contribution in [2.75, 3.05) is 69.9 Å². The van der Waals surface area contributed by atoms with Gasteiger partial charge in [-0.15, -0.1) is 11.3 Å². The highest BCUT2D eigenvalue weighted by Gasteiger charge is 2.29. The van der Waals surface area contributed by atoms with E-state index in [9.17, 15) is 9.59 Å². The molecule has 10 nitrogen and oxygen atoms in total. The Hall–Kier alpha value is -3.44. The van der Waals surface area contributed by atoms with E-state index in [1.54, 1.807) is 31.3 Å². The van der Waals surface area contributed by atoms with Gasteiger partial charge >= 0.3 is 0 Å². The highest BCUT2D eigenvalue weighted by molar-refractivity contribution is 7.22. The van der Waals surface area contributed by atoms with Crippen LogP contribution in [-0.2, 0) is 9.53 Å². The first kappa shape index (κ1) is 22.4. The fraction of sp³-hybridized carbons (Fsp3) is 0.391. The first-order valence-electron chi connectivity index (χ1n) is 11.1. The predicted molar refractivity (Wildman–Crippen MR) is 131 cm³/mol. The third-order valence-corrected chi connectivity index (χ3v) is 7.32. The van der Waals surface area contributed by atoms with Crippen molar-refractivity contribution in [1.29, 1.82) is 0 Å². The van der Waals surface area contributed by atoms with Crippen LogP contribution in [0.5, 0.6) is 5.75 Å². The van der Waals surface area contributed by atoms with Crippen LogP contribution >= 0.6 is 11.3 Å². The first-order valence-corrected chi connectivity index (χ1v) is 11.9. The second-order valence-electron chi connectivity index (χ2n) is 8.24. The van der Waals surface area contributed by atoms with Crippen molar-refractivity contribution >= 4 is 44.9 Å². The number of hydrogen-bond acceptors (Lipinski definition) is 9. The van der Waals surface area contributed by atoms with Crippen LogP contribution < -0.4 is 20.3 Å². The predicted octanol–water partition coefficient (Wildman–Crippen LogP) is 1.58. The first-order chi connectivity index (χ1) is 16.5. The summed E-state index contributed by atoms with van der Waals surface area (Å²) < 4.78 is 12.1. The Bertz CT molecular complexity index is 1260. The second-order valence-corrected chi connectivity index (χ2v) is 9.24. The molecule has 0 spiro atoms. The lowest BCUT2D eigenvalue weighted by Gasteiger charge is -2.33. The highest BCUT2D eigenvalue weighted by Crippen LogP contribution is 2.43. The second kappa shape index (κ2) is 9.07. The molecule has 1 aromatic carbocycles. The average molecular weight is 483 g/mol. The third kappa shape index (κ3) is 3.90. The maximum absolute atomic E-state index is 12.4. The normalized spacial score (nSPS) is 16.9. The third-order valence-electron chi connectivity index (χ3n) is 6.22. The molecule has 0 atom stereocenters. The van der Waals surface area contributed by atoms with E-state index >= 15 is 0 Å². The van der Waals surface area contributed by atoms with Crippen LogP contribution in [0.2, 0.25) is 0 Å².